The first-order valence-electron chi connectivity index (χ1n) is 5.34. The van der Waals surface area contributed by atoms with E-state index in [9.17, 15) is 4.79 Å². The van der Waals surface area contributed by atoms with E-state index >= 15 is 0 Å². The van der Waals surface area contributed by atoms with E-state index in [-0.39, 0.29) is 18.0 Å². The molecule has 2 aromatic rings. The molecule has 0 aliphatic carbocycles. The SMILES string of the molecule is C[C@@H]1NC(c2cc3cc[nH]c3o2)CNC1=O. The average molecular weight is 219 g/mol. The van der Waals surface area contributed by atoms with Gasteiger partial charge in [-0.1, -0.05) is 0 Å². The Morgan fingerprint density at radius 3 is 3.12 bits per heavy atom. The number of nitrogens with one attached hydrogen (secondary N) is 3. The molecule has 0 radical (unpaired) electrons. The van der Waals surface area contributed by atoms with Gasteiger partial charge in [0.05, 0.1) is 12.1 Å². The summed E-state index contributed by atoms with van der Waals surface area (Å²) >= 11 is 0. The zero-order chi connectivity index (χ0) is 11.1. The second kappa shape index (κ2) is 3.38. The van der Waals surface area contributed by atoms with Crippen molar-refractivity contribution < 1.29 is 9.21 Å². The number of carbonyl (C=O) groups excluding carboxylic acids is 1. The van der Waals surface area contributed by atoms with Gasteiger partial charge in [0.25, 0.3) is 0 Å². The van der Waals surface area contributed by atoms with Gasteiger partial charge >= 0.3 is 0 Å². The van der Waals surface area contributed by atoms with Crippen LogP contribution in [0.4, 0.5) is 0 Å². The summed E-state index contributed by atoms with van der Waals surface area (Å²) in [5.74, 6) is 0.891. The van der Waals surface area contributed by atoms with Gasteiger partial charge in [0.15, 0.2) is 0 Å². The maximum atomic E-state index is 11.3. The van der Waals surface area contributed by atoms with Crippen LogP contribution in [0, 0.1) is 0 Å². The van der Waals surface area contributed by atoms with Crippen molar-refractivity contribution in [1.82, 2.24) is 15.6 Å². The van der Waals surface area contributed by atoms with Gasteiger partial charge in [-0.15, -0.1) is 0 Å². The van der Waals surface area contributed by atoms with Crippen molar-refractivity contribution in [1.29, 1.82) is 0 Å². The molecular weight excluding hydrogens is 206 g/mol. The predicted molar refractivity (Wildman–Crippen MR) is 58.9 cm³/mol. The molecule has 0 saturated carbocycles. The molecule has 0 spiro atoms. The normalized spacial score (nSPS) is 25.9. The molecule has 3 N–H and O–H groups in total. The Balaban J connectivity index is 1.87. The third kappa shape index (κ3) is 1.40. The van der Waals surface area contributed by atoms with Crippen LogP contribution in [0.1, 0.15) is 18.7 Å². The number of furan rings is 1. The Morgan fingerprint density at radius 2 is 2.38 bits per heavy atom. The molecule has 1 aliphatic rings. The van der Waals surface area contributed by atoms with Crippen LogP contribution in [0.3, 0.4) is 0 Å². The third-order valence-electron chi connectivity index (χ3n) is 2.93. The average Bonchev–Trinajstić information content (AvgIpc) is 2.81. The monoisotopic (exact) mass is 219 g/mol. The van der Waals surface area contributed by atoms with E-state index in [0.717, 1.165) is 16.9 Å². The fourth-order valence-corrected chi connectivity index (χ4v) is 2.02. The van der Waals surface area contributed by atoms with Gasteiger partial charge in [0, 0.05) is 18.1 Å². The van der Waals surface area contributed by atoms with Crippen molar-refractivity contribution in [2.45, 2.75) is 19.0 Å². The van der Waals surface area contributed by atoms with Crippen molar-refractivity contribution in [2.24, 2.45) is 0 Å². The second-order valence-electron chi connectivity index (χ2n) is 4.10. The second-order valence-corrected chi connectivity index (χ2v) is 4.10. The zero-order valence-electron chi connectivity index (χ0n) is 8.91. The molecule has 0 bridgehead atoms. The van der Waals surface area contributed by atoms with Crippen molar-refractivity contribution in [3.8, 4) is 0 Å². The molecule has 1 amide bonds. The molecular formula is C11H13N3O2. The summed E-state index contributed by atoms with van der Waals surface area (Å²) < 4.78 is 5.66. The highest BCUT2D eigenvalue weighted by Gasteiger charge is 2.27. The number of piperazine rings is 1. The van der Waals surface area contributed by atoms with E-state index in [1.165, 1.54) is 0 Å². The lowest BCUT2D eigenvalue weighted by Gasteiger charge is -2.27. The lowest BCUT2D eigenvalue weighted by molar-refractivity contribution is -0.124. The summed E-state index contributed by atoms with van der Waals surface area (Å²) in [5, 5.41) is 7.12. The number of rotatable bonds is 1. The van der Waals surface area contributed by atoms with Crippen LogP contribution in [0.5, 0.6) is 0 Å². The number of hydrogen-bond donors (Lipinski definition) is 3. The van der Waals surface area contributed by atoms with Gasteiger partial charge in [-0.25, -0.2) is 0 Å². The number of fused-ring (bicyclic) bond motifs is 1. The molecule has 1 fully saturated rings. The summed E-state index contributed by atoms with van der Waals surface area (Å²) in [6, 6.07) is 3.83. The summed E-state index contributed by atoms with van der Waals surface area (Å²) in [4.78, 5) is 14.3. The number of carbonyl (C=O) groups is 1. The maximum absolute atomic E-state index is 11.3. The molecule has 5 nitrogen and oxygen atoms in total. The molecule has 16 heavy (non-hydrogen) atoms. The molecule has 0 aromatic carbocycles. The summed E-state index contributed by atoms with van der Waals surface area (Å²) in [7, 11) is 0. The lowest BCUT2D eigenvalue weighted by Crippen LogP contribution is -2.52. The Labute approximate surface area is 92.2 Å². The first-order chi connectivity index (χ1) is 7.74. The van der Waals surface area contributed by atoms with Crippen LogP contribution in [0.2, 0.25) is 0 Å². The first-order valence-corrected chi connectivity index (χ1v) is 5.34. The van der Waals surface area contributed by atoms with E-state index in [4.69, 9.17) is 4.42 Å². The standard InChI is InChI=1S/C11H13N3O2/c1-6-10(15)13-5-8(14-6)9-4-7-2-3-12-11(7)16-9/h2-4,6,8,12,14H,5H2,1H3,(H,13,15)/t6-,8?/m0/s1. The molecule has 2 atom stereocenters. The van der Waals surface area contributed by atoms with Gasteiger partial charge in [0.1, 0.15) is 5.76 Å². The lowest BCUT2D eigenvalue weighted by atomic mass is 10.1. The van der Waals surface area contributed by atoms with E-state index in [0.29, 0.717) is 6.54 Å². The summed E-state index contributed by atoms with van der Waals surface area (Å²) in [6.07, 6.45) is 1.84. The Hall–Kier alpha value is -1.75. The topological polar surface area (TPSA) is 70.1 Å². The molecule has 3 heterocycles. The van der Waals surface area contributed by atoms with E-state index in [1.54, 1.807) is 0 Å². The Bertz CT molecular complexity index is 500. The Kier molecular flexibility index (Phi) is 2.00. The van der Waals surface area contributed by atoms with Gasteiger partial charge in [0.2, 0.25) is 11.6 Å². The van der Waals surface area contributed by atoms with Gasteiger partial charge in [-0.3, -0.25) is 10.1 Å². The molecule has 2 aromatic heterocycles. The maximum Gasteiger partial charge on any atom is 0.236 e. The van der Waals surface area contributed by atoms with Crippen molar-refractivity contribution in [2.75, 3.05) is 6.54 Å². The van der Waals surface area contributed by atoms with Crippen molar-refractivity contribution in [3.63, 3.8) is 0 Å². The molecule has 3 rings (SSSR count). The van der Waals surface area contributed by atoms with E-state index < -0.39 is 0 Å². The first kappa shape index (κ1) is 9.47. The van der Waals surface area contributed by atoms with Crippen LogP contribution < -0.4 is 10.6 Å². The van der Waals surface area contributed by atoms with Crippen LogP contribution >= 0.6 is 0 Å². The number of amides is 1. The van der Waals surface area contributed by atoms with Gasteiger partial charge in [-0.05, 0) is 19.1 Å². The fraction of sp³-hybridized carbons (Fsp3) is 0.364. The third-order valence-corrected chi connectivity index (χ3v) is 2.93. The smallest absolute Gasteiger partial charge is 0.236 e. The molecule has 84 valence electrons. The van der Waals surface area contributed by atoms with Crippen molar-refractivity contribution >= 4 is 17.0 Å². The van der Waals surface area contributed by atoms with Crippen LogP contribution in [-0.4, -0.2) is 23.5 Å². The van der Waals surface area contributed by atoms with Crippen LogP contribution in [-0.2, 0) is 4.79 Å². The quantitative estimate of drug-likeness (QED) is 0.667. The molecule has 5 heteroatoms. The summed E-state index contributed by atoms with van der Waals surface area (Å²) in [5.41, 5.74) is 0.779. The highest BCUT2D eigenvalue weighted by atomic mass is 16.3. The van der Waals surface area contributed by atoms with Crippen LogP contribution in [0.25, 0.3) is 11.1 Å². The fourth-order valence-electron chi connectivity index (χ4n) is 2.02. The van der Waals surface area contributed by atoms with Gasteiger partial charge in [-0.2, -0.15) is 0 Å². The minimum Gasteiger partial charge on any atom is -0.443 e. The number of H-pyrrole nitrogens is 1. The largest absolute Gasteiger partial charge is 0.443 e. The molecule has 1 saturated heterocycles. The Morgan fingerprint density at radius 1 is 1.50 bits per heavy atom. The van der Waals surface area contributed by atoms with E-state index in [1.807, 2.05) is 25.3 Å². The zero-order valence-corrected chi connectivity index (χ0v) is 8.91. The van der Waals surface area contributed by atoms with Crippen molar-refractivity contribution in [3.05, 3.63) is 24.1 Å². The molecule has 1 aliphatic heterocycles. The van der Waals surface area contributed by atoms with E-state index in [2.05, 4.69) is 15.6 Å². The highest BCUT2D eigenvalue weighted by Crippen LogP contribution is 2.23. The minimum absolute atomic E-state index is 0.0355. The van der Waals surface area contributed by atoms with Gasteiger partial charge < -0.3 is 14.7 Å². The number of hydrogen-bond acceptors (Lipinski definition) is 3. The molecule has 1 unspecified atom stereocenters. The number of aromatic amines is 1. The number of aromatic nitrogens is 1. The minimum atomic E-state index is -0.179. The predicted octanol–water partition coefficient (Wildman–Crippen LogP) is 0.910. The van der Waals surface area contributed by atoms with Crippen LogP contribution in [0.15, 0.2) is 22.7 Å². The summed E-state index contributed by atoms with van der Waals surface area (Å²) in [6.45, 7) is 2.41. The highest BCUT2D eigenvalue weighted by molar-refractivity contribution is 5.82.